The molecule has 2 heterocycles. The highest BCUT2D eigenvalue weighted by Crippen LogP contribution is 2.27. The Morgan fingerprint density at radius 2 is 1.74 bits per heavy atom. The normalized spacial score (nSPS) is 11.5. The predicted octanol–water partition coefficient (Wildman–Crippen LogP) is 7.58. The Morgan fingerprint density at radius 3 is 2.61 bits per heavy atom. The maximum absolute atomic E-state index is 13.5. The lowest BCUT2D eigenvalue weighted by molar-refractivity contribution is 0.306. The third-order valence-corrected chi connectivity index (χ3v) is 6.71. The van der Waals surface area contributed by atoms with E-state index in [1.165, 1.54) is 4.68 Å². The van der Waals surface area contributed by atoms with E-state index in [0.717, 1.165) is 16.5 Å². The molecule has 0 aliphatic rings. The monoisotopic (exact) mass is 539 g/mol. The number of hydrogen-bond acceptors (Lipinski definition) is 5. The Labute approximate surface area is 227 Å². The van der Waals surface area contributed by atoms with Gasteiger partial charge in [-0.1, -0.05) is 71.7 Å². The lowest BCUT2D eigenvalue weighted by atomic mass is 10.2. The van der Waals surface area contributed by atoms with Gasteiger partial charge in [-0.25, -0.2) is 4.98 Å². The van der Waals surface area contributed by atoms with Crippen LogP contribution in [-0.2, 0) is 6.61 Å². The summed E-state index contributed by atoms with van der Waals surface area (Å²) < 4.78 is 13.2. The number of para-hydroxylation sites is 2. The van der Waals surface area contributed by atoms with Crippen LogP contribution < -0.4 is 10.3 Å². The van der Waals surface area contributed by atoms with E-state index in [-0.39, 0.29) is 5.56 Å². The van der Waals surface area contributed by atoms with E-state index in [1.54, 1.807) is 36.5 Å². The van der Waals surface area contributed by atoms with Crippen LogP contribution >= 0.6 is 23.2 Å². The first-order valence-corrected chi connectivity index (χ1v) is 12.5. The highest BCUT2D eigenvalue weighted by Gasteiger charge is 2.16. The summed E-state index contributed by atoms with van der Waals surface area (Å²) in [4.78, 5) is 18.2. The van der Waals surface area contributed by atoms with E-state index >= 15 is 0 Å². The molecule has 4 aromatic carbocycles. The second kappa shape index (κ2) is 10.2. The molecule has 0 bridgehead atoms. The molecule has 2 aromatic heterocycles. The zero-order valence-corrected chi connectivity index (χ0v) is 21.4. The molecule has 0 N–H and O–H groups in total. The molecule has 186 valence electrons. The number of halogens is 2. The molecule has 0 atom stereocenters. The van der Waals surface area contributed by atoms with Gasteiger partial charge in [-0.15, -0.1) is 0 Å². The SMILES string of the molecule is O=c1c2ccccc2nc(-c2cc3ccccc3o2)n1N=Cc1cccc(OCc2ccc(Cl)c(Cl)c2)c1. The Balaban J connectivity index is 1.35. The van der Waals surface area contributed by atoms with Crippen molar-refractivity contribution in [1.29, 1.82) is 0 Å². The second-order valence-electron chi connectivity index (χ2n) is 8.57. The van der Waals surface area contributed by atoms with E-state index < -0.39 is 0 Å². The van der Waals surface area contributed by atoms with Crippen molar-refractivity contribution in [3.8, 4) is 17.3 Å². The van der Waals surface area contributed by atoms with Gasteiger partial charge in [-0.3, -0.25) is 4.79 Å². The fourth-order valence-electron chi connectivity index (χ4n) is 4.09. The molecule has 0 fully saturated rings. The summed E-state index contributed by atoms with van der Waals surface area (Å²) in [6.07, 6.45) is 1.59. The van der Waals surface area contributed by atoms with Gasteiger partial charge in [0.2, 0.25) is 5.82 Å². The van der Waals surface area contributed by atoms with E-state index in [1.807, 2.05) is 66.7 Å². The molecule has 0 aliphatic heterocycles. The molecule has 6 rings (SSSR count). The number of benzene rings is 4. The van der Waals surface area contributed by atoms with Gasteiger partial charge in [0.05, 0.1) is 27.2 Å². The summed E-state index contributed by atoms with van der Waals surface area (Å²) in [5.41, 5.74) is 2.61. The van der Waals surface area contributed by atoms with Crippen molar-refractivity contribution in [2.45, 2.75) is 6.61 Å². The number of ether oxygens (including phenoxy) is 1. The van der Waals surface area contributed by atoms with Gasteiger partial charge in [-0.2, -0.15) is 9.78 Å². The number of fused-ring (bicyclic) bond motifs is 2. The summed E-state index contributed by atoms with van der Waals surface area (Å²) in [5.74, 6) is 1.40. The molecule has 0 spiro atoms. The van der Waals surface area contributed by atoms with Crippen molar-refractivity contribution in [3.05, 3.63) is 129 Å². The molecule has 8 heteroatoms. The Hall–Kier alpha value is -4.39. The molecule has 0 unspecified atom stereocenters. The van der Waals surface area contributed by atoms with Gasteiger partial charge in [0.25, 0.3) is 5.56 Å². The first-order chi connectivity index (χ1) is 18.5. The standard InChI is InChI=1S/C30H19Cl2N3O3/c31-24-13-12-20(15-25(24)32)18-37-22-8-5-6-19(14-22)17-33-35-29(28-16-21-7-1-4-11-27(21)38-28)34-26-10-3-2-9-23(26)30(35)36/h1-17H,18H2. The Bertz CT molecular complexity index is 1860. The Morgan fingerprint density at radius 1 is 0.895 bits per heavy atom. The van der Waals surface area contributed by atoms with Crippen LogP contribution in [0.25, 0.3) is 33.5 Å². The molecule has 6 nitrogen and oxygen atoms in total. The average molecular weight is 540 g/mol. The number of nitrogens with zero attached hydrogens (tertiary/aromatic N) is 3. The van der Waals surface area contributed by atoms with Crippen LogP contribution in [0.5, 0.6) is 5.75 Å². The van der Waals surface area contributed by atoms with Crippen LogP contribution in [-0.4, -0.2) is 15.9 Å². The molecule has 0 radical (unpaired) electrons. The van der Waals surface area contributed by atoms with Crippen molar-refractivity contribution in [1.82, 2.24) is 9.66 Å². The molecule has 38 heavy (non-hydrogen) atoms. The number of rotatable bonds is 6. The number of aromatic nitrogens is 2. The molecular formula is C30H19Cl2N3O3. The van der Waals surface area contributed by atoms with Crippen molar-refractivity contribution in [2.75, 3.05) is 0 Å². The van der Waals surface area contributed by atoms with Crippen LogP contribution in [0.2, 0.25) is 10.0 Å². The lowest BCUT2D eigenvalue weighted by Crippen LogP contribution is -2.20. The molecule has 6 aromatic rings. The maximum atomic E-state index is 13.5. The fraction of sp³-hybridized carbons (Fsp3) is 0.0333. The second-order valence-corrected chi connectivity index (χ2v) is 9.39. The topological polar surface area (TPSA) is 69.6 Å². The van der Waals surface area contributed by atoms with Crippen molar-refractivity contribution >= 4 is 51.3 Å². The van der Waals surface area contributed by atoms with E-state index in [0.29, 0.717) is 50.5 Å². The maximum Gasteiger partial charge on any atom is 0.282 e. The average Bonchev–Trinajstić information content (AvgIpc) is 3.38. The summed E-state index contributed by atoms with van der Waals surface area (Å²) in [5, 5.41) is 6.86. The lowest BCUT2D eigenvalue weighted by Gasteiger charge is -2.09. The van der Waals surface area contributed by atoms with Gasteiger partial charge < -0.3 is 9.15 Å². The van der Waals surface area contributed by atoms with E-state index in [9.17, 15) is 4.79 Å². The smallest absolute Gasteiger partial charge is 0.282 e. The molecular weight excluding hydrogens is 521 g/mol. The zero-order valence-electron chi connectivity index (χ0n) is 19.8. The summed E-state index contributed by atoms with van der Waals surface area (Å²) in [6.45, 7) is 0.321. The van der Waals surface area contributed by atoms with Crippen LogP contribution in [0.4, 0.5) is 0 Å². The van der Waals surface area contributed by atoms with Crippen LogP contribution in [0.3, 0.4) is 0 Å². The summed E-state index contributed by atoms with van der Waals surface area (Å²) in [7, 11) is 0. The minimum Gasteiger partial charge on any atom is -0.489 e. The van der Waals surface area contributed by atoms with Crippen molar-refractivity contribution < 1.29 is 9.15 Å². The number of hydrogen-bond donors (Lipinski definition) is 0. The predicted molar refractivity (Wildman–Crippen MR) is 151 cm³/mol. The van der Waals surface area contributed by atoms with Gasteiger partial charge in [-0.05, 0) is 59.7 Å². The van der Waals surface area contributed by atoms with Crippen molar-refractivity contribution in [2.24, 2.45) is 5.10 Å². The quantitative estimate of drug-likeness (QED) is 0.204. The largest absolute Gasteiger partial charge is 0.489 e. The zero-order chi connectivity index (χ0) is 26.1. The molecule has 0 amide bonds. The van der Waals surface area contributed by atoms with Gasteiger partial charge in [0, 0.05) is 5.39 Å². The van der Waals surface area contributed by atoms with Gasteiger partial charge >= 0.3 is 0 Å². The van der Waals surface area contributed by atoms with Crippen molar-refractivity contribution in [3.63, 3.8) is 0 Å². The fourth-order valence-corrected chi connectivity index (χ4v) is 4.41. The minimum absolute atomic E-state index is 0.297. The summed E-state index contributed by atoms with van der Waals surface area (Å²) >= 11 is 12.1. The van der Waals surface area contributed by atoms with Gasteiger partial charge in [0.1, 0.15) is 17.9 Å². The molecule has 0 saturated heterocycles. The van der Waals surface area contributed by atoms with Crippen LogP contribution in [0, 0.1) is 0 Å². The van der Waals surface area contributed by atoms with E-state index in [4.69, 9.17) is 37.3 Å². The first kappa shape index (κ1) is 24.0. The van der Waals surface area contributed by atoms with Gasteiger partial charge in [0.15, 0.2) is 5.76 Å². The van der Waals surface area contributed by atoms with Crippen LogP contribution in [0.15, 0.2) is 111 Å². The van der Waals surface area contributed by atoms with E-state index in [2.05, 4.69) is 5.10 Å². The molecule has 0 aliphatic carbocycles. The summed E-state index contributed by atoms with van der Waals surface area (Å²) in [6, 6.07) is 29.4. The highest BCUT2D eigenvalue weighted by atomic mass is 35.5. The first-order valence-electron chi connectivity index (χ1n) is 11.8. The third-order valence-electron chi connectivity index (χ3n) is 5.97. The highest BCUT2D eigenvalue weighted by molar-refractivity contribution is 6.42. The molecule has 0 saturated carbocycles. The Kier molecular flexibility index (Phi) is 6.42. The van der Waals surface area contributed by atoms with Crippen LogP contribution in [0.1, 0.15) is 11.1 Å². The minimum atomic E-state index is -0.297. The number of furan rings is 1. The third kappa shape index (κ3) is 4.79.